The normalized spacial score (nSPS) is 11.5. The van der Waals surface area contributed by atoms with Crippen LogP contribution in [0.4, 0.5) is 5.69 Å². The van der Waals surface area contributed by atoms with Gasteiger partial charge in [-0.15, -0.1) is 0 Å². The third kappa shape index (κ3) is 4.25. The van der Waals surface area contributed by atoms with Gasteiger partial charge in [-0.2, -0.15) is 5.26 Å². The molecule has 1 atom stereocenters. The van der Waals surface area contributed by atoms with Crippen LogP contribution in [-0.4, -0.2) is 12.6 Å². The Balaban J connectivity index is 1.94. The second kappa shape index (κ2) is 6.81. The van der Waals surface area contributed by atoms with Gasteiger partial charge in [0.05, 0.1) is 17.3 Å². The zero-order valence-corrected chi connectivity index (χ0v) is 12.7. The maximum atomic E-state index is 9.17. The summed E-state index contributed by atoms with van der Waals surface area (Å²) >= 11 is 0. The summed E-state index contributed by atoms with van der Waals surface area (Å²) in [6.07, 6.45) is 0. The minimum Gasteiger partial charge on any atom is -0.491 e. The molecule has 1 N–H and O–H groups in total. The molecule has 0 aromatic heterocycles. The molecule has 0 amide bonds. The standard InChI is InChI=1S/C18H20N2O/c1-13-4-7-17(8-5-13)21-12-15(3)20-18-9-6-14(2)10-16(18)11-19/h4-10,15,20H,12H2,1-3H3. The lowest BCUT2D eigenvalue weighted by Gasteiger charge is -2.17. The molecule has 0 aliphatic rings. The summed E-state index contributed by atoms with van der Waals surface area (Å²) in [6.45, 7) is 6.61. The Labute approximate surface area is 126 Å². The number of benzene rings is 2. The van der Waals surface area contributed by atoms with E-state index in [-0.39, 0.29) is 6.04 Å². The molecule has 0 aliphatic heterocycles. The van der Waals surface area contributed by atoms with E-state index in [9.17, 15) is 0 Å². The molecule has 108 valence electrons. The maximum Gasteiger partial charge on any atom is 0.119 e. The number of hydrogen-bond donors (Lipinski definition) is 1. The molecule has 0 spiro atoms. The van der Waals surface area contributed by atoms with Crippen molar-refractivity contribution in [3.63, 3.8) is 0 Å². The molecule has 2 aromatic rings. The summed E-state index contributed by atoms with van der Waals surface area (Å²) in [6, 6.07) is 16.1. The fourth-order valence-electron chi connectivity index (χ4n) is 2.04. The first kappa shape index (κ1) is 14.9. The van der Waals surface area contributed by atoms with Crippen molar-refractivity contribution < 1.29 is 4.74 Å². The van der Waals surface area contributed by atoms with E-state index in [2.05, 4.69) is 18.3 Å². The third-order valence-electron chi connectivity index (χ3n) is 3.22. The molecule has 0 bridgehead atoms. The van der Waals surface area contributed by atoms with Crippen LogP contribution in [0.15, 0.2) is 42.5 Å². The Kier molecular flexibility index (Phi) is 4.84. The molecule has 2 aromatic carbocycles. The molecule has 0 aliphatic carbocycles. The molecular formula is C18H20N2O. The molecule has 0 radical (unpaired) electrons. The van der Waals surface area contributed by atoms with E-state index in [4.69, 9.17) is 10.00 Å². The fraction of sp³-hybridized carbons (Fsp3) is 0.278. The maximum absolute atomic E-state index is 9.17. The number of nitrogens with zero attached hydrogens (tertiary/aromatic N) is 1. The molecular weight excluding hydrogens is 260 g/mol. The van der Waals surface area contributed by atoms with E-state index in [0.717, 1.165) is 17.0 Å². The van der Waals surface area contributed by atoms with Gasteiger partial charge in [0.1, 0.15) is 18.4 Å². The van der Waals surface area contributed by atoms with E-state index in [0.29, 0.717) is 12.2 Å². The average Bonchev–Trinajstić information content (AvgIpc) is 2.48. The average molecular weight is 280 g/mol. The van der Waals surface area contributed by atoms with Gasteiger partial charge >= 0.3 is 0 Å². The SMILES string of the molecule is Cc1ccc(OCC(C)Nc2ccc(C)cc2C#N)cc1. The summed E-state index contributed by atoms with van der Waals surface area (Å²) in [5.41, 5.74) is 3.81. The number of aryl methyl sites for hydroxylation is 2. The highest BCUT2D eigenvalue weighted by Crippen LogP contribution is 2.18. The van der Waals surface area contributed by atoms with Crippen molar-refractivity contribution in [2.24, 2.45) is 0 Å². The first-order chi connectivity index (χ1) is 10.1. The van der Waals surface area contributed by atoms with Crippen LogP contribution in [0, 0.1) is 25.2 Å². The molecule has 3 heteroatoms. The van der Waals surface area contributed by atoms with Gasteiger partial charge < -0.3 is 10.1 Å². The summed E-state index contributed by atoms with van der Waals surface area (Å²) < 4.78 is 5.75. The van der Waals surface area contributed by atoms with Crippen molar-refractivity contribution >= 4 is 5.69 Å². The molecule has 21 heavy (non-hydrogen) atoms. The molecule has 1 unspecified atom stereocenters. The lowest BCUT2D eigenvalue weighted by Crippen LogP contribution is -2.24. The Bertz CT molecular complexity index is 641. The number of anilines is 1. The van der Waals surface area contributed by atoms with E-state index >= 15 is 0 Å². The van der Waals surface area contributed by atoms with Crippen LogP contribution in [0.2, 0.25) is 0 Å². The van der Waals surface area contributed by atoms with Crippen LogP contribution in [0.3, 0.4) is 0 Å². The second-order valence-electron chi connectivity index (χ2n) is 5.33. The van der Waals surface area contributed by atoms with Crippen molar-refractivity contribution in [3.05, 3.63) is 59.2 Å². The number of nitriles is 1. The van der Waals surface area contributed by atoms with Crippen LogP contribution in [0.1, 0.15) is 23.6 Å². The summed E-state index contributed by atoms with van der Waals surface area (Å²) in [7, 11) is 0. The molecule has 2 rings (SSSR count). The Morgan fingerprint density at radius 3 is 2.43 bits per heavy atom. The van der Waals surface area contributed by atoms with Gasteiger partial charge in [0.15, 0.2) is 0 Å². The van der Waals surface area contributed by atoms with Crippen LogP contribution in [0.5, 0.6) is 5.75 Å². The highest BCUT2D eigenvalue weighted by Gasteiger charge is 2.07. The van der Waals surface area contributed by atoms with Gasteiger partial charge in [0.25, 0.3) is 0 Å². The lowest BCUT2D eigenvalue weighted by atomic mass is 10.1. The largest absolute Gasteiger partial charge is 0.491 e. The minimum absolute atomic E-state index is 0.112. The molecule has 3 nitrogen and oxygen atoms in total. The summed E-state index contributed by atoms with van der Waals surface area (Å²) in [4.78, 5) is 0. The van der Waals surface area contributed by atoms with Crippen molar-refractivity contribution in [1.29, 1.82) is 5.26 Å². The van der Waals surface area contributed by atoms with Gasteiger partial charge in [-0.3, -0.25) is 0 Å². The lowest BCUT2D eigenvalue weighted by molar-refractivity contribution is 0.304. The molecule has 0 saturated heterocycles. The fourth-order valence-corrected chi connectivity index (χ4v) is 2.04. The first-order valence-electron chi connectivity index (χ1n) is 7.05. The molecule has 0 fully saturated rings. The Hall–Kier alpha value is -2.47. The monoisotopic (exact) mass is 280 g/mol. The predicted octanol–water partition coefficient (Wildman–Crippen LogP) is 4.05. The van der Waals surface area contributed by atoms with Crippen molar-refractivity contribution in [3.8, 4) is 11.8 Å². The number of hydrogen-bond acceptors (Lipinski definition) is 3. The Morgan fingerprint density at radius 2 is 1.76 bits per heavy atom. The van der Waals surface area contributed by atoms with Crippen LogP contribution >= 0.6 is 0 Å². The molecule has 0 heterocycles. The Morgan fingerprint density at radius 1 is 1.10 bits per heavy atom. The number of nitrogens with one attached hydrogen (secondary N) is 1. The van der Waals surface area contributed by atoms with E-state index in [1.54, 1.807) is 0 Å². The van der Waals surface area contributed by atoms with E-state index < -0.39 is 0 Å². The van der Waals surface area contributed by atoms with E-state index in [1.807, 2.05) is 56.3 Å². The summed E-state index contributed by atoms with van der Waals surface area (Å²) in [5.74, 6) is 0.860. The van der Waals surface area contributed by atoms with Crippen molar-refractivity contribution in [2.75, 3.05) is 11.9 Å². The van der Waals surface area contributed by atoms with Crippen molar-refractivity contribution in [2.45, 2.75) is 26.8 Å². The number of ether oxygens (including phenoxy) is 1. The van der Waals surface area contributed by atoms with Crippen LogP contribution in [-0.2, 0) is 0 Å². The second-order valence-corrected chi connectivity index (χ2v) is 5.33. The van der Waals surface area contributed by atoms with Gasteiger partial charge in [-0.05, 0) is 50.6 Å². The van der Waals surface area contributed by atoms with Gasteiger partial charge in [-0.1, -0.05) is 23.8 Å². The smallest absolute Gasteiger partial charge is 0.119 e. The summed E-state index contributed by atoms with van der Waals surface area (Å²) in [5, 5.41) is 12.5. The van der Waals surface area contributed by atoms with Crippen LogP contribution in [0.25, 0.3) is 0 Å². The minimum atomic E-state index is 0.112. The zero-order valence-electron chi connectivity index (χ0n) is 12.7. The van der Waals surface area contributed by atoms with Crippen molar-refractivity contribution in [1.82, 2.24) is 0 Å². The topological polar surface area (TPSA) is 45.0 Å². The first-order valence-corrected chi connectivity index (χ1v) is 7.05. The quantitative estimate of drug-likeness (QED) is 0.898. The highest BCUT2D eigenvalue weighted by molar-refractivity contribution is 5.59. The van der Waals surface area contributed by atoms with Gasteiger partial charge in [-0.25, -0.2) is 0 Å². The van der Waals surface area contributed by atoms with Gasteiger partial charge in [0, 0.05) is 0 Å². The molecule has 0 saturated carbocycles. The van der Waals surface area contributed by atoms with E-state index in [1.165, 1.54) is 5.56 Å². The van der Waals surface area contributed by atoms with Crippen LogP contribution < -0.4 is 10.1 Å². The third-order valence-corrected chi connectivity index (χ3v) is 3.22. The zero-order chi connectivity index (χ0) is 15.2. The number of rotatable bonds is 5. The highest BCUT2D eigenvalue weighted by atomic mass is 16.5. The predicted molar refractivity (Wildman–Crippen MR) is 85.7 cm³/mol. The van der Waals surface area contributed by atoms with Gasteiger partial charge in [0.2, 0.25) is 0 Å².